The van der Waals surface area contributed by atoms with Gasteiger partial charge in [0.05, 0.1) is 19.3 Å². The highest BCUT2D eigenvalue weighted by molar-refractivity contribution is 5.95. The van der Waals surface area contributed by atoms with Crippen molar-refractivity contribution in [1.29, 1.82) is 0 Å². The number of carbonyl (C=O) groups is 2. The zero-order chi connectivity index (χ0) is 21.6. The van der Waals surface area contributed by atoms with E-state index in [1.807, 2.05) is 0 Å². The van der Waals surface area contributed by atoms with Crippen LogP contribution in [0.3, 0.4) is 0 Å². The van der Waals surface area contributed by atoms with E-state index in [0.717, 1.165) is 38.5 Å². The predicted molar refractivity (Wildman–Crippen MR) is 108 cm³/mol. The van der Waals surface area contributed by atoms with Gasteiger partial charge < -0.3 is 14.2 Å². The van der Waals surface area contributed by atoms with E-state index in [0.29, 0.717) is 0 Å². The van der Waals surface area contributed by atoms with Crippen molar-refractivity contribution in [3.8, 4) is 11.5 Å². The Labute approximate surface area is 177 Å². The molecule has 1 aromatic rings. The molecule has 30 heavy (non-hydrogen) atoms. The number of hydrogen-bond donors (Lipinski definition) is 0. The highest BCUT2D eigenvalue weighted by Gasteiger charge is 2.23. The summed E-state index contributed by atoms with van der Waals surface area (Å²) in [6, 6.07) is 4.79. The first-order valence-corrected chi connectivity index (χ1v) is 10.6. The molecule has 0 unspecified atom stereocenters. The van der Waals surface area contributed by atoms with Gasteiger partial charge in [0.25, 0.3) is 0 Å². The average molecular weight is 424 g/mol. The molecule has 8 heteroatoms. The van der Waals surface area contributed by atoms with Crippen LogP contribution in [0.25, 0.3) is 0 Å². The molecular weight excluding hydrogens is 392 g/mol. The topological polar surface area (TPSA) is 89.5 Å². The van der Waals surface area contributed by atoms with Crippen molar-refractivity contribution in [3.05, 3.63) is 23.8 Å². The van der Waals surface area contributed by atoms with Crippen molar-refractivity contribution < 1.29 is 38.6 Å². The summed E-state index contributed by atoms with van der Waals surface area (Å²) in [7, 11) is 2.81. The van der Waals surface area contributed by atoms with Gasteiger partial charge in [-0.25, -0.2) is 14.5 Å². The predicted octanol–water partition coefficient (Wildman–Crippen LogP) is 5.53. The lowest BCUT2D eigenvalue weighted by Gasteiger charge is -2.17. The largest absolute Gasteiger partial charge is 0.543 e. The minimum Gasteiger partial charge on any atom is -0.496 e. The molecule has 1 fully saturated rings. The van der Waals surface area contributed by atoms with Gasteiger partial charge >= 0.3 is 12.1 Å². The number of benzene rings is 1. The van der Waals surface area contributed by atoms with Gasteiger partial charge in [-0.15, -0.1) is 0 Å². The number of carbonyl (C=O) groups excluding carboxylic acids is 2. The molecule has 2 rings (SSSR count). The summed E-state index contributed by atoms with van der Waals surface area (Å²) in [5.74, 6) is -0.458. The second kappa shape index (κ2) is 13.7. The molecule has 0 aromatic heterocycles. The Morgan fingerprint density at radius 2 is 1.27 bits per heavy atom. The van der Waals surface area contributed by atoms with Crippen LogP contribution in [0.15, 0.2) is 18.2 Å². The molecule has 168 valence electrons. The molecule has 0 atom stereocenters. The van der Waals surface area contributed by atoms with Gasteiger partial charge in [0, 0.05) is 0 Å². The lowest BCUT2D eigenvalue weighted by atomic mass is 9.99. The number of rotatable bonds is 6. The van der Waals surface area contributed by atoms with Gasteiger partial charge in [0.2, 0.25) is 0 Å². The van der Waals surface area contributed by atoms with E-state index in [4.69, 9.17) is 14.2 Å². The third-order valence-electron chi connectivity index (χ3n) is 5.16. The molecule has 0 aliphatic heterocycles. The van der Waals surface area contributed by atoms with Crippen molar-refractivity contribution in [2.45, 2.75) is 76.7 Å². The summed E-state index contributed by atoms with van der Waals surface area (Å²) in [5.41, 5.74) is 0.0128. The van der Waals surface area contributed by atoms with Gasteiger partial charge in [-0.1, -0.05) is 51.0 Å². The maximum atomic E-state index is 12.3. The quantitative estimate of drug-likeness (QED) is 0.334. The summed E-state index contributed by atoms with van der Waals surface area (Å²) >= 11 is 0. The summed E-state index contributed by atoms with van der Waals surface area (Å²) < 4.78 is 15.6. The first-order chi connectivity index (χ1) is 14.7. The third kappa shape index (κ3) is 8.10. The van der Waals surface area contributed by atoms with Gasteiger partial charge in [0.15, 0.2) is 0 Å². The molecule has 0 spiro atoms. The number of methoxy groups -OCH3 is 2. The van der Waals surface area contributed by atoms with Crippen molar-refractivity contribution in [2.75, 3.05) is 14.2 Å². The summed E-state index contributed by atoms with van der Waals surface area (Å²) in [5, 5.41) is 4.35. The van der Waals surface area contributed by atoms with Crippen LogP contribution in [0.5, 0.6) is 11.5 Å². The van der Waals surface area contributed by atoms with Crippen LogP contribution >= 0.6 is 0 Å². The Morgan fingerprint density at radius 3 is 1.77 bits per heavy atom. The van der Waals surface area contributed by atoms with Crippen LogP contribution in [0.2, 0.25) is 0 Å². The normalized spacial score (nSPS) is 16.5. The Bertz CT molecular complexity index is 626. The van der Waals surface area contributed by atoms with E-state index in [-0.39, 0.29) is 23.2 Å². The molecule has 1 aliphatic carbocycles. The number of ether oxygens (including phenoxy) is 3. The Balaban J connectivity index is 1.79. The van der Waals surface area contributed by atoms with E-state index >= 15 is 0 Å². The van der Waals surface area contributed by atoms with Crippen LogP contribution in [-0.2, 0) is 19.6 Å². The average Bonchev–Trinajstić information content (AvgIpc) is 2.74. The minimum absolute atomic E-state index is 0.0128. The fourth-order valence-corrected chi connectivity index (χ4v) is 3.57. The minimum atomic E-state index is -1.04. The van der Waals surface area contributed by atoms with Crippen LogP contribution in [0.4, 0.5) is 4.79 Å². The fourth-order valence-electron chi connectivity index (χ4n) is 3.57. The van der Waals surface area contributed by atoms with Crippen molar-refractivity contribution in [1.82, 2.24) is 0 Å². The van der Waals surface area contributed by atoms with Crippen LogP contribution < -0.4 is 9.47 Å². The Kier molecular flexibility index (Phi) is 10.9. The Hall–Kier alpha value is -2.48. The molecule has 0 saturated heterocycles. The van der Waals surface area contributed by atoms with Crippen LogP contribution in [0.1, 0.15) is 81.0 Å². The first kappa shape index (κ1) is 23.8. The van der Waals surface area contributed by atoms with Crippen molar-refractivity contribution >= 4 is 12.1 Å². The van der Waals surface area contributed by atoms with Crippen molar-refractivity contribution in [3.63, 3.8) is 0 Å². The van der Waals surface area contributed by atoms with E-state index < -0.39 is 12.1 Å². The second-order valence-corrected chi connectivity index (χ2v) is 7.31. The molecule has 1 aliphatic rings. The molecule has 0 radical (unpaired) electrons. The van der Waals surface area contributed by atoms with Crippen LogP contribution in [-0.4, -0.2) is 32.4 Å². The highest BCUT2D eigenvalue weighted by atomic mass is 17.5. The van der Waals surface area contributed by atoms with Crippen LogP contribution in [0, 0.1) is 0 Å². The molecule has 0 amide bonds. The summed E-state index contributed by atoms with van der Waals surface area (Å²) in [6.45, 7) is 0. The van der Waals surface area contributed by atoms with Gasteiger partial charge in [-0.05, 0) is 37.8 Å². The van der Waals surface area contributed by atoms with E-state index in [9.17, 15) is 9.59 Å². The zero-order valence-electron chi connectivity index (χ0n) is 17.9. The van der Waals surface area contributed by atoms with E-state index in [1.165, 1.54) is 46.3 Å². The monoisotopic (exact) mass is 424 g/mol. The zero-order valence-corrected chi connectivity index (χ0v) is 17.9. The van der Waals surface area contributed by atoms with E-state index in [2.05, 4.69) is 14.8 Å². The first-order valence-electron chi connectivity index (χ1n) is 10.6. The summed E-state index contributed by atoms with van der Waals surface area (Å²) in [4.78, 5) is 33.2. The lowest BCUT2D eigenvalue weighted by Crippen LogP contribution is -2.20. The third-order valence-corrected chi connectivity index (χ3v) is 5.16. The second-order valence-electron chi connectivity index (χ2n) is 7.31. The number of hydrogen-bond acceptors (Lipinski definition) is 8. The molecule has 0 heterocycles. The summed E-state index contributed by atoms with van der Waals surface area (Å²) in [6.07, 6.45) is 10.8. The molecule has 1 aromatic carbocycles. The molecule has 8 nitrogen and oxygen atoms in total. The fraction of sp³-hybridized carbons (Fsp3) is 0.636. The molecule has 0 N–H and O–H groups in total. The maximum absolute atomic E-state index is 12.3. The SMILES string of the molecule is COc1cccc(OC)c1C(=O)OOOC(=O)OC1CCCCCCCCCCC1. The molecule has 0 bridgehead atoms. The molecular formula is C22H32O8. The lowest BCUT2D eigenvalue weighted by molar-refractivity contribution is -0.453. The van der Waals surface area contributed by atoms with Gasteiger partial charge in [-0.2, -0.15) is 0 Å². The van der Waals surface area contributed by atoms with Crippen molar-refractivity contribution in [2.24, 2.45) is 0 Å². The highest BCUT2D eigenvalue weighted by Crippen LogP contribution is 2.29. The van der Waals surface area contributed by atoms with Gasteiger partial charge in [0.1, 0.15) is 23.2 Å². The maximum Gasteiger partial charge on any atom is 0.543 e. The van der Waals surface area contributed by atoms with Gasteiger partial charge in [-0.3, -0.25) is 4.89 Å². The van der Waals surface area contributed by atoms with E-state index in [1.54, 1.807) is 18.2 Å². The smallest absolute Gasteiger partial charge is 0.496 e. The Morgan fingerprint density at radius 1 is 0.767 bits per heavy atom. The molecule has 1 saturated carbocycles. The standard InChI is InChI=1S/C22H32O8/c1-25-18-15-12-16-19(26-2)20(18)21(23)28-30-29-22(24)27-17-13-10-8-6-4-3-5-7-9-11-14-17/h12,15-17H,3-11,13-14H2,1-2H3.